The van der Waals surface area contributed by atoms with E-state index in [-0.39, 0.29) is 24.8 Å². The molecule has 95 valence electrons. The molecule has 2 aromatic rings. The molecule has 0 saturated heterocycles. The molecule has 1 aliphatic carbocycles. The van der Waals surface area contributed by atoms with Crippen molar-refractivity contribution in [3.05, 3.63) is 74.6 Å². The second-order valence-corrected chi connectivity index (χ2v) is 6.55. The number of halogens is 2. The molecule has 1 atom stereocenters. The maximum absolute atomic E-state index is 2.38. The number of allylic oxidation sites excluding steroid dienone is 1. The normalized spacial score (nSPS) is 15.9. The molecule has 0 radical (unpaired) electrons. The molecule has 0 N–H and O–H groups in total. The molecule has 1 unspecified atom stereocenters. The zero-order valence-corrected chi connectivity index (χ0v) is 15.4. The Balaban J connectivity index is 0.000000902. The Morgan fingerprint density at radius 1 is 0.842 bits per heavy atom. The van der Waals surface area contributed by atoms with Crippen LogP contribution in [0.5, 0.6) is 0 Å². The van der Waals surface area contributed by atoms with Crippen LogP contribution in [0, 0.1) is 0 Å². The van der Waals surface area contributed by atoms with Crippen LogP contribution in [0.1, 0.15) is 22.6 Å². The molecule has 1 aliphatic rings. The fourth-order valence-corrected chi connectivity index (χ4v) is 3.95. The summed E-state index contributed by atoms with van der Waals surface area (Å²) in [7, 11) is 0. The molecule has 3 rings (SSSR count). The quantitative estimate of drug-likeness (QED) is 0.457. The van der Waals surface area contributed by atoms with E-state index >= 15 is 0 Å². The molecule has 0 spiro atoms. The Labute approximate surface area is 141 Å². The summed E-state index contributed by atoms with van der Waals surface area (Å²) < 4.78 is 1.62. The van der Waals surface area contributed by atoms with Crippen LogP contribution in [0.15, 0.2) is 57.9 Å². The van der Waals surface area contributed by atoms with E-state index in [1.165, 1.54) is 16.7 Å². The van der Waals surface area contributed by atoms with Crippen molar-refractivity contribution in [2.24, 2.45) is 0 Å². The standard InChI is InChI=1S/C16H13.2ClH.Hf/c1-2-6-13(7-3-1)12-15-11-10-14-8-4-5-9-16(14)15;;;/h1-10,15H,12H2;2*1H;/q;;;+2/p-2. The Hall–Kier alpha value is -0.370. The SMILES string of the molecule is [Cl-].[Cl-].[Hf+2][C]1=Cc2ccccc2C1Cc1ccccc1. The van der Waals surface area contributed by atoms with Crippen molar-refractivity contribution in [2.45, 2.75) is 12.3 Å². The fourth-order valence-electron chi connectivity index (χ4n) is 2.47. The van der Waals surface area contributed by atoms with Crippen LogP contribution in [0.2, 0.25) is 0 Å². The zero-order chi connectivity index (χ0) is 11.7. The van der Waals surface area contributed by atoms with Crippen LogP contribution in [0.4, 0.5) is 0 Å². The summed E-state index contributed by atoms with van der Waals surface area (Å²) in [6.07, 6.45) is 3.53. The fraction of sp³-hybridized carbons (Fsp3) is 0.125. The van der Waals surface area contributed by atoms with Crippen molar-refractivity contribution in [3.8, 4) is 0 Å². The minimum atomic E-state index is 0. The molecule has 0 amide bonds. The van der Waals surface area contributed by atoms with Gasteiger partial charge in [0.15, 0.2) is 0 Å². The number of hydrogen-bond acceptors (Lipinski definition) is 0. The Morgan fingerprint density at radius 3 is 2.21 bits per heavy atom. The molecule has 0 nitrogen and oxygen atoms in total. The molecule has 3 heteroatoms. The third-order valence-corrected chi connectivity index (χ3v) is 5.11. The summed E-state index contributed by atoms with van der Waals surface area (Å²) in [5, 5.41) is 0. The van der Waals surface area contributed by atoms with E-state index in [1.807, 2.05) is 0 Å². The topological polar surface area (TPSA) is 0 Å². The first-order chi connectivity index (χ1) is 8.34. The van der Waals surface area contributed by atoms with Crippen molar-refractivity contribution < 1.29 is 49.2 Å². The van der Waals surface area contributed by atoms with Gasteiger partial charge in [-0.2, -0.15) is 0 Å². The number of hydrogen-bond donors (Lipinski definition) is 0. The van der Waals surface area contributed by atoms with E-state index in [0.29, 0.717) is 5.92 Å². The third kappa shape index (κ3) is 3.59. The minimum absolute atomic E-state index is 0. The first-order valence-electron chi connectivity index (χ1n) is 5.90. The van der Waals surface area contributed by atoms with Crippen LogP contribution in [-0.4, -0.2) is 0 Å². The molecular weight excluding hydrogens is 442 g/mol. The summed E-state index contributed by atoms with van der Waals surface area (Å²) in [4.78, 5) is 0. The summed E-state index contributed by atoms with van der Waals surface area (Å²) in [5.74, 6) is 0.625. The average molecular weight is 455 g/mol. The second kappa shape index (κ2) is 7.42. The van der Waals surface area contributed by atoms with Crippen LogP contribution in [0.3, 0.4) is 0 Å². The predicted molar refractivity (Wildman–Crippen MR) is 67.3 cm³/mol. The van der Waals surface area contributed by atoms with E-state index in [4.69, 9.17) is 0 Å². The van der Waals surface area contributed by atoms with Crippen LogP contribution in [-0.2, 0) is 30.8 Å². The molecule has 0 heterocycles. The van der Waals surface area contributed by atoms with Gasteiger partial charge in [0.05, 0.1) is 0 Å². The van der Waals surface area contributed by atoms with Gasteiger partial charge in [-0.3, -0.25) is 0 Å². The van der Waals surface area contributed by atoms with Crippen LogP contribution >= 0.6 is 0 Å². The van der Waals surface area contributed by atoms with Gasteiger partial charge in [0.1, 0.15) is 0 Å². The molecular formula is C16H13Cl2Hf. The summed E-state index contributed by atoms with van der Waals surface area (Å²) in [6, 6.07) is 19.6. The molecule has 19 heavy (non-hydrogen) atoms. The van der Waals surface area contributed by atoms with Crippen molar-refractivity contribution in [1.82, 2.24) is 0 Å². The first-order valence-corrected chi connectivity index (χ1v) is 7.70. The average Bonchev–Trinajstić information content (AvgIpc) is 2.68. The van der Waals surface area contributed by atoms with Gasteiger partial charge < -0.3 is 24.8 Å². The first kappa shape index (κ1) is 16.7. The predicted octanol–water partition coefficient (Wildman–Crippen LogP) is -2.08. The van der Waals surface area contributed by atoms with E-state index < -0.39 is 0 Å². The third-order valence-electron chi connectivity index (χ3n) is 3.34. The molecule has 0 saturated carbocycles. The molecule has 2 aromatic carbocycles. The number of benzene rings is 2. The van der Waals surface area contributed by atoms with Crippen molar-refractivity contribution >= 4 is 6.08 Å². The Kier molecular flexibility index (Phi) is 6.52. The second-order valence-electron chi connectivity index (χ2n) is 4.47. The maximum atomic E-state index is 2.38. The molecule has 0 fully saturated rings. The number of fused-ring (bicyclic) bond motifs is 1. The van der Waals surface area contributed by atoms with Gasteiger partial charge in [-0.25, -0.2) is 0 Å². The summed E-state index contributed by atoms with van der Waals surface area (Å²) >= 11 is 1.16. The van der Waals surface area contributed by atoms with E-state index in [0.717, 1.165) is 30.8 Å². The molecule has 0 aromatic heterocycles. The van der Waals surface area contributed by atoms with Crippen molar-refractivity contribution in [1.29, 1.82) is 0 Å². The van der Waals surface area contributed by atoms with Gasteiger partial charge in [-0.1, -0.05) is 0 Å². The van der Waals surface area contributed by atoms with Crippen molar-refractivity contribution in [2.75, 3.05) is 0 Å². The van der Waals surface area contributed by atoms with Crippen LogP contribution < -0.4 is 24.8 Å². The molecule has 0 aliphatic heterocycles. The van der Waals surface area contributed by atoms with Gasteiger partial charge in [-0.15, -0.1) is 0 Å². The van der Waals surface area contributed by atoms with E-state index in [9.17, 15) is 0 Å². The van der Waals surface area contributed by atoms with Crippen LogP contribution in [0.25, 0.3) is 6.08 Å². The summed E-state index contributed by atoms with van der Waals surface area (Å²) in [6.45, 7) is 0. The van der Waals surface area contributed by atoms with Gasteiger partial charge in [0.2, 0.25) is 0 Å². The Bertz CT molecular complexity index is 564. The number of rotatable bonds is 2. The molecule has 0 bridgehead atoms. The van der Waals surface area contributed by atoms with Gasteiger partial charge in [0.25, 0.3) is 0 Å². The van der Waals surface area contributed by atoms with Gasteiger partial charge in [-0.05, 0) is 0 Å². The Morgan fingerprint density at radius 2 is 1.47 bits per heavy atom. The zero-order valence-electron chi connectivity index (χ0n) is 10.3. The van der Waals surface area contributed by atoms with Gasteiger partial charge in [0, 0.05) is 0 Å². The van der Waals surface area contributed by atoms with E-state index in [1.54, 1.807) is 3.33 Å². The van der Waals surface area contributed by atoms with Gasteiger partial charge >= 0.3 is 117 Å². The monoisotopic (exact) mass is 455 g/mol. The summed E-state index contributed by atoms with van der Waals surface area (Å²) in [5.41, 5.74) is 4.38. The van der Waals surface area contributed by atoms with E-state index in [2.05, 4.69) is 60.7 Å². The van der Waals surface area contributed by atoms with Crippen molar-refractivity contribution in [3.63, 3.8) is 0 Å².